The largest absolute Gasteiger partial charge is 0.395 e. The highest BCUT2D eigenvalue weighted by Gasteiger charge is 2.27. The van der Waals surface area contributed by atoms with Gasteiger partial charge in [0.05, 0.1) is 6.61 Å². The van der Waals surface area contributed by atoms with Crippen LogP contribution < -0.4 is 5.32 Å². The number of aliphatic hydroxyl groups excluding tert-OH is 1. The molecule has 0 rings (SSSR count). The standard InChI is InChI=1S/C16H36N2O/c1-6-10-17-13-16(5,9-4)14-18(11-12-19)15(7-2)8-3/h15,17,19H,6-14H2,1-5H3. The summed E-state index contributed by atoms with van der Waals surface area (Å²) in [5, 5.41) is 12.9. The van der Waals surface area contributed by atoms with E-state index < -0.39 is 0 Å². The molecule has 0 heterocycles. The Balaban J connectivity index is 4.56. The molecule has 116 valence electrons. The Morgan fingerprint density at radius 2 is 1.79 bits per heavy atom. The number of nitrogens with zero attached hydrogens (tertiary/aromatic N) is 1. The van der Waals surface area contributed by atoms with Crippen molar-refractivity contribution >= 4 is 0 Å². The lowest BCUT2D eigenvalue weighted by Crippen LogP contribution is -2.47. The normalized spacial score (nSPS) is 15.2. The van der Waals surface area contributed by atoms with Gasteiger partial charge >= 0.3 is 0 Å². The van der Waals surface area contributed by atoms with Gasteiger partial charge in [-0.2, -0.15) is 0 Å². The molecule has 0 aromatic rings. The second kappa shape index (κ2) is 10.6. The van der Waals surface area contributed by atoms with Crippen molar-refractivity contribution in [2.24, 2.45) is 5.41 Å². The minimum Gasteiger partial charge on any atom is -0.395 e. The molecule has 0 radical (unpaired) electrons. The second-order valence-corrected chi connectivity index (χ2v) is 6.01. The van der Waals surface area contributed by atoms with E-state index in [9.17, 15) is 5.11 Å². The Morgan fingerprint density at radius 3 is 2.21 bits per heavy atom. The lowest BCUT2D eigenvalue weighted by Gasteiger charge is -2.39. The first kappa shape index (κ1) is 18.9. The van der Waals surface area contributed by atoms with Crippen molar-refractivity contribution in [2.45, 2.75) is 66.3 Å². The number of rotatable bonds is 12. The van der Waals surface area contributed by atoms with Crippen LogP contribution in [-0.2, 0) is 0 Å². The molecule has 3 nitrogen and oxygen atoms in total. The summed E-state index contributed by atoms with van der Waals surface area (Å²) in [6.45, 7) is 15.6. The Bertz CT molecular complexity index is 207. The number of aliphatic hydroxyl groups is 1. The molecule has 3 heteroatoms. The van der Waals surface area contributed by atoms with E-state index in [4.69, 9.17) is 0 Å². The minimum absolute atomic E-state index is 0.263. The SMILES string of the molecule is CCCNCC(C)(CC)CN(CCO)C(CC)CC. The summed E-state index contributed by atoms with van der Waals surface area (Å²) in [6.07, 6.45) is 4.69. The summed E-state index contributed by atoms with van der Waals surface area (Å²) >= 11 is 0. The fraction of sp³-hybridized carbons (Fsp3) is 1.00. The van der Waals surface area contributed by atoms with Crippen LogP contribution in [-0.4, -0.2) is 48.8 Å². The van der Waals surface area contributed by atoms with Crippen molar-refractivity contribution in [3.05, 3.63) is 0 Å². The van der Waals surface area contributed by atoms with E-state index >= 15 is 0 Å². The van der Waals surface area contributed by atoms with Gasteiger partial charge in [0.25, 0.3) is 0 Å². The maximum absolute atomic E-state index is 9.30. The van der Waals surface area contributed by atoms with Crippen molar-refractivity contribution in [2.75, 3.05) is 32.8 Å². The van der Waals surface area contributed by atoms with E-state index in [2.05, 4.69) is 44.8 Å². The van der Waals surface area contributed by atoms with Crippen LogP contribution in [0.1, 0.15) is 60.3 Å². The predicted molar refractivity (Wildman–Crippen MR) is 84.6 cm³/mol. The van der Waals surface area contributed by atoms with Gasteiger partial charge in [0.15, 0.2) is 0 Å². The zero-order valence-electron chi connectivity index (χ0n) is 13.8. The highest BCUT2D eigenvalue weighted by Crippen LogP contribution is 2.24. The van der Waals surface area contributed by atoms with E-state index in [1.807, 2.05) is 0 Å². The van der Waals surface area contributed by atoms with Gasteiger partial charge in [0.2, 0.25) is 0 Å². The first-order valence-electron chi connectivity index (χ1n) is 8.12. The summed E-state index contributed by atoms with van der Waals surface area (Å²) in [7, 11) is 0. The summed E-state index contributed by atoms with van der Waals surface area (Å²) in [6, 6.07) is 0.601. The molecule has 1 atom stereocenters. The highest BCUT2D eigenvalue weighted by atomic mass is 16.3. The average molecular weight is 272 g/mol. The number of hydrogen-bond donors (Lipinski definition) is 2. The fourth-order valence-electron chi connectivity index (χ4n) is 2.67. The number of nitrogens with one attached hydrogen (secondary N) is 1. The van der Waals surface area contributed by atoms with Gasteiger partial charge in [0, 0.05) is 25.7 Å². The van der Waals surface area contributed by atoms with Crippen LogP contribution in [0.5, 0.6) is 0 Å². The molecular weight excluding hydrogens is 236 g/mol. The molecule has 0 amide bonds. The third-order valence-corrected chi connectivity index (χ3v) is 4.26. The summed E-state index contributed by atoms with van der Waals surface area (Å²) in [5.74, 6) is 0. The molecular formula is C16H36N2O. The van der Waals surface area contributed by atoms with Gasteiger partial charge < -0.3 is 10.4 Å². The van der Waals surface area contributed by atoms with Crippen LogP contribution in [0.3, 0.4) is 0 Å². The van der Waals surface area contributed by atoms with Crippen LogP contribution in [0, 0.1) is 5.41 Å². The van der Waals surface area contributed by atoms with Crippen molar-refractivity contribution in [1.29, 1.82) is 0 Å². The van der Waals surface area contributed by atoms with Gasteiger partial charge in [-0.15, -0.1) is 0 Å². The molecule has 1 unspecified atom stereocenters. The maximum Gasteiger partial charge on any atom is 0.0558 e. The quantitative estimate of drug-likeness (QED) is 0.536. The molecule has 0 saturated carbocycles. The number of hydrogen-bond acceptors (Lipinski definition) is 3. The molecule has 0 aliphatic rings. The Morgan fingerprint density at radius 1 is 1.16 bits per heavy atom. The van der Waals surface area contributed by atoms with Crippen LogP contribution in [0.2, 0.25) is 0 Å². The molecule has 0 saturated heterocycles. The lowest BCUT2D eigenvalue weighted by molar-refractivity contribution is 0.0872. The molecule has 0 aromatic carbocycles. The van der Waals surface area contributed by atoms with Crippen molar-refractivity contribution in [1.82, 2.24) is 10.2 Å². The van der Waals surface area contributed by atoms with Gasteiger partial charge in [-0.1, -0.05) is 34.6 Å². The van der Waals surface area contributed by atoms with E-state index in [0.717, 1.165) is 26.2 Å². The third kappa shape index (κ3) is 7.28. The van der Waals surface area contributed by atoms with E-state index in [0.29, 0.717) is 11.5 Å². The molecule has 0 aromatic heterocycles. The first-order chi connectivity index (χ1) is 9.06. The predicted octanol–water partition coefficient (Wildman–Crippen LogP) is 2.89. The summed E-state index contributed by atoms with van der Waals surface area (Å²) < 4.78 is 0. The summed E-state index contributed by atoms with van der Waals surface area (Å²) in [4.78, 5) is 2.48. The molecule has 2 N–H and O–H groups in total. The maximum atomic E-state index is 9.30. The van der Waals surface area contributed by atoms with E-state index in [1.165, 1.54) is 25.7 Å². The molecule has 19 heavy (non-hydrogen) atoms. The van der Waals surface area contributed by atoms with Crippen molar-refractivity contribution in [3.63, 3.8) is 0 Å². The molecule has 0 bridgehead atoms. The fourth-order valence-corrected chi connectivity index (χ4v) is 2.67. The minimum atomic E-state index is 0.263. The van der Waals surface area contributed by atoms with Crippen LogP contribution in [0.15, 0.2) is 0 Å². The zero-order chi connectivity index (χ0) is 14.7. The molecule has 0 aliphatic heterocycles. The Kier molecular flexibility index (Phi) is 10.6. The average Bonchev–Trinajstić information content (AvgIpc) is 2.40. The zero-order valence-corrected chi connectivity index (χ0v) is 13.8. The highest BCUT2D eigenvalue weighted by molar-refractivity contribution is 4.82. The van der Waals surface area contributed by atoms with E-state index in [1.54, 1.807) is 0 Å². The third-order valence-electron chi connectivity index (χ3n) is 4.26. The molecule has 0 spiro atoms. The Labute approximate surface area is 120 Å². The van der Waals surface area contributed by atoms with Gasteiger partial charge in [-0.3, -0.25) is 4.90 Å². The van der Waals surface area contributed by atoms with E-state index in [-0.39, 0.29) is 6.61 Å². The van der Waals surface area contributed by atoms with Crippen molar-refractivity contribution < 1.29 is 5.11 Å². The van der Waals surface area contributed by atoms with Crippen molar-refractivity contribution in [3.8, 4) is 0 Å². The Hall–Kier alpha value is -0.120. The smallest absolute Gasteiger partial charge is 0.0558 e. The van der Waals surface area contributed by atoms with Crippen LogP contribution in [0.25, 0.3) is 0 Å². The van der Waals surface area contributed by atoms with Crippen LogP contribution in [0.4, 0.5) is 0 Å². The van der Waals surface area contributed by atoms with Crippen LogP contribution >= 0.6 is 0 Å². The lowest BCUT2D eigenvalue weighted by atomic mass is 9.86. The summed E-state index contributed by atoms with van der Waals surface area (Å²) in [5.41, 5.74) is 0.299. The van der Waals surface area contributed by atoms with Gasteiger partial charge in [-0.25, -0.2) is 0 Å². The second-order valence-electron chi connectivity index (χ2n) is 6.01. The van der Waals surface area contributed by atoms with Gasteiger partial charge in [-0.05, 0) is 37.6 Å². The molecule has 0 fully saturated rings. The first-order valence-corrected chi connectivity index (χ1v) is 8.12. The topological polar surface area (TPSA) is 35.5 Å². The monoisotopic (exact) mass is 272 g/mol. The van der Waals surface area contributed by atoms with Gasteiger partial charge in [0.1, 0.15) is 0 Å². The molecule has 0 aliphatic carbocycles.